The van der Waals surface area contributed by atoms with Crippen molar-refractivity contribution in [3.05, 3.63) is 25.3 Å². The van der Waals surface area contributed by atoms with E-state index in [1.54, 1.807) is 0 Å². The van der Waals surface area contributed by atoms with Gasteiger partial charge in [0.1, 0.15) is 13.2 Å². The lowest BCUT2D eigenvalue weighted by atomic mass is 10.4. The molecule has 0 fully saturated rings. The first kappa shape index (κ1) is 24.0. The maximum Gasteiger partial charge on any atom is 0.509 e. The van der Waals surface area contributed by atoms with E-state index in [1.165, 1.54) is 26.0 Å². The van der Waals surface area contributed by atoms with E-state index in [0.717, 1.165) is 0 Å². The van der Waals surface area contributed by atoms with E-state index >= 15 is 0 Å². The predicted molar refractivity (Wildman–Crippen MR) is 90.7 cm³/mol. The molecule has 10 heteroatoms. The second-order valence-electron chi connectivity index (χ2n) is 4.91. The van der Waals surface area contributed by atoms with Crippen molar-refractivity contribution in [3.63, 3.8) is 0 Å². The summed E-state index contributed by atoms with van der Waals surface area (Å²) in [6.45, 7) is 9.14. The zero-order valence-corrected chi connectivity index (χ0v) is 15.3. The van der Waals surface area contributed by atoms with Gasteiger partial charge in [-0.3, -0.25) is 0 Å². The zero-order chi connectivity index (χ0) is 20.7. The molecular formula is C17H24O10. The molecule has 0 aliphatic heterocycles. The molecule has 0 aromatic carbocycles. The summed E-state index contributed by atoms with van der Waals surface area (Å²) in [5.41, 5.74) is 0. The fraction of sp³-hybridized carbons (Fsp3) is 0.529. The zero-order valence-electron chi connectivity index (χ0n) is 15.3. The SMILES string of the molecule is C=CCOC(=O)OC(C)C(=O)OCCCOC(=O)[C@@H](C)OC(=O)OCC=C. The summed E-state index contributed by atoms with van der Waals surface area (Å²) < 4.78 is 28.2. The Balaban J connectivity index is 3.90. The molecular weight excluding hydrogens is 364 g/mol. The summed E-state index contributed by atoms with van der Waals surface area (Å²) in [5.74, 6) is -1.56. The molecule has 0 amide bonds. The van der Waals surface area contributed by atoms with Gasteiger partial charge < -0.3 is 28.4 Å². The van der Waals surface area contributed by atoms with Crippen LogP contribution in [-0.2, 0) is 38.0 Å². The van der Waals surface area contributed by atoms with Crippen LogP contribution in [0.25, 0.3) is 0 Å². The van der Waals surface area contributed by atoms with Crippen LogP contribution in [0.4, 0.5) is 9.59 Å². The number of rotatable bonds is 12. The highest BCUT2D eigenvalue weighted by Gasteiger charge is 2.21. The monoisotopic (exact) mass is 388 g/mol. The Bertz CT molecular complexity index is 482. The molecule has 0 heterocycles. The van der Waals surface area contributed by atoms with Crippen molar-refractivity contribution >= 4 is 24.2 Å². The van der Waals surface area contributed by atoms with Crippen LogP contribution in [0.1, 0.15) is 20.3 Å². The van der Waals surface area contributed by atoms with E-state index in [1.807, 2.05) is 0 Å². The highest BCUT2D eigenvalue weighted by molar-refractivity contribution is 5.77. The van der Waals surface area contributed by atoms with E-state index in [9.17, 15) is 19.2 Å². The molecule has 0 aromatic rings. The average Bonchev–Trinajstić information content (AvgIpc) is 2.63. The minimum Gasteiger partial charge on any atom is -0.463 e. The molecule has 152 valence electrons. The van der Waals surface area contributed by atoms with Gasteiger partial charge in [0.25, 0.3) is 0 Å². The number of carbonyl (C=O) groups is 4. The summed E-state index contributed by atoms with van der Waals surface area (Å²) in [7, 11) is 0. The molecule has 1 unspecified atom stereocenters. The van der Waals surface area contributed by atoms with E-state index in [0.29, 0.717) is 0 Å². The quantitative estimate of drug-likeness (QED) is 0.212. The van der Waals surface area contributed by atoms with Crippen LogP contribution >= 0.6 is 0 Å². The first-order valence-electron chi connectivity index (χ1n) is 8.03. The number of esters is 2. The Morgan fingerprint density at radius 2 is 1.11 bits per heavy atom. The molecule has 0 aromatic heterocycles. The van der Waals surface area contributed by atoms with Gasteiger partial charge in [0.05, 0.1) is 13.2 Å². The van der Waals surface area contributed by atoms with Crippen LogP contribution in [0.3, 0.4) is 0 Å². The van der Waals surface area contributed by atoms with Gasteiger partial charge in [-0.1, -0.05) is 25.3 Å². The van der Waals surface area contributed by atoms with Gasteiger partial charge in [0.15, 0.2) is 12.2 Å². The minimum atomic E-state index is -1.15. The average molecular weight is 388 g/mol. The second-order valence-corrected chi connectivity index (χ2v) is 4.91. The maximum atomic E-state index is 11.6. The summed E-state index contributed by atoms with van der Waals surface area (Å²) in [5, 5.41) is 0. The molecule has 0 N–H and O–H groups in total. The largest absolute Gasteiger partial charge is 0.509 e. The second kappa shape index (κ2) is 14.2. The number of hydrogen-bond donors (Lipinski definition) is 0. The Morgan fingerprint density at radius 3 is 1.44 bits per heavy atom. The van der Waals surface area contributed by atoms with Gasteiger partial charge >= 0.3 is 24.2 Å². The Hall–Kier alpha value is -3.04. The van der Waals surface area contributed by atoms with Crippen LogP contribution in [0, 0.1) is 0 Å². The van der Waals surface area contributed by atoms with Crippen molar-refractivity contribution in [1.82, 2.24) is 0 Å². The van der Waals surface area contributed by atoms with E-state index in [4.69, 9.17) is 9.47 Å². The molecule has 0 rings (SSSR count). The molecule has 2 atom stereocenters. The smallest absolute Gasteiger partial charge is 0.463 e. The molecule has 0 radical (unpaired) electrons. The fourth-order valence-electron chi connectivity index (χ4n) is 1.35. The van der Waals surface area contributed by atoms with Crippen molar-refractivity contribution < 1.29 is 47.6 Å². The lowest BCUT2D eigenvalue weighted by Crippen LogP contribution is -2.28. The van der Waals surface area contributed by atoms with E-state index in [2.05, 4.69) is 32.1 Å². The number of ether oxygens (including phenoxy) is 6. The van der Waals surface area contributed by atoms with E-state index in [-0.39, 0.29) is 32.8 Å². The minimum absolute atomic E-state index is 0.0416. The van der Waals surface area contributed by atoms with Crippen LogP contribution in [0.15, 0.2) is 25.3 Å². The van der Waals surface area contributed by atoms with E-state index < -0.39 is 36.5 Å². The molecule has 0 saturated heterocycles. The van der Waals surface area contributed by atoms with Crippen LogP contribution in [-0.4, -0.2) is 62.9 Å². The maximum absolute atomic E-state index is 11.6. The number of carbonyl (C=O) groups excluding carboxylic acids is 4. The first-order chi connectivity index (χ1) is 12.8. The van der Waals surface area contributed by atoms with Crippen molar-refractivity contribution in [3.8, 4) is 0 Å². The predicted octanol–water partition coefficient (Wildman–Crippen LogP) is 1.92. The summed E-state index contributed by atoms with van der Waals surface area (Å²) in [4.78, 5) is 45.5. The third-order valence-corrected chi connectivity index (χ3v) is 2.63. The third-order valence-electron chi connectivity index (χ3n) is 2.63. The Morgan fingerprint density at radius 1 is 0.741 bits per heavy atom. The van der Waals surface area contributed by atoms with Crippen molar-refractivity contribution in [2.75, 3.05) is 26.4 Å². The van der Waals surface area contributed by atoms with Gasteiger partial charge in [-0.05, 0) is 13.8 Å². The standard InChI is InChI=1S/C17H24O10/c1-5-8-24-16(20)26-12(3)14(18)22-10-7-11-23-15(19)13(4)27-17(21)25-9-6-2/h5-6,12-13H,1-2,7-11H2,3-4H3/t12-,13?/m1/s1. The molecule has 0 saturated carbocycles. The molecule has 0 spiro atoms. The summed E-state index contributed by atoms with van der Waals surface area (Å²) in [6.07, 6.45) is -1.45. The third kappa shape index (κ3) is 12.0. The van der Waals surface area contributed by atoms with Gasteiger partial charge in [-0.15, -0.1) is 0 Å². The van der Waals surface area contributed by atoms with Gasteiger partial charge in [0.2, 0.25) is 0 Å². The molecule has 0 aliphatic rings. The van der Waals surface area contributed by atoms with Gasteiger partial charge in [-0.2, -0.15) is 0 Å². The van der Waals surface area contributed by atoms with Crippen molar-refractivity contribution in [2.24, 2.45) is 0 Å². The molecule has 27 heavy (non-hydrogen) atoms. The highest BCUT2D eigenvalue weighted by atomic mass is 16.7. The van der Waals surface area contributed by atoms with Gasteiger partial charge in [-0.25, -0.2) is 19.2 Å². The van der Waals surface area contributed by atoms with Crippen molar-refractivity contribution in [2.45, 2.75) is 32.5 Å². The highest BCUT2D eigenvalue weighted by Crippen LogP contribution is 2.01. The number of hydrogen-bond acceptors (Lipinski definition) is 10. The lowest BCUT2D eigenvalue weighted by molar-refractivity contribution is -0.156. The van der Waals surface area contributed by atoms with Crippen LogP contribution < -0.4 is 0 Å². The Labute approximate surface area is 157 Å². The molecule has 10 nitrogen and oxygen atoms in total. The van der Waals surface area contributed by atoms with Crippen molar-refractivity contribution in [1.29, 1.82) is 0 Å². The van der Waals surface area contributed by atoms with Gasteiger partial charge in [0, 0.05) is 6.42 Å². The topological polar surface area (TPSA) is 124 Å². The molecule has 0 aliphatic carbocycles. The normalized spacial score (nSPS) is 11.9. The Kier molecular flexibility index (Phi) is 12.6. The molecule has 0 bridgehead atoms. The lowest BCUT2D eigenvalue weighted by Gasteiger charge is -2.13. The van der Waals surface area contributed by atoms with Crippen LogP contribution in [0.5, 0.6) is 0 Å². The first-order valence-corrected chi connectivity index (χ1v) is 8.03. The van der Waals surface area contributed by atoms with Crippen LogP contribution in [0.2, 0.25) is 0 Å². The summed E-state index contributed by atoms with van der Waals surface area (Å²) in [6, 6.07) is 0. The fourth-order valence-corrected chi connectivity index (χ4v) is 1.35. The summed E-state index contributed by atoms with van der Waals surface area (Å²) >= 11 is 0.